The summed E-state index contributed by atoms with van der Waals surface area (Å²) in [4.78, 5) is 22.7. The number of rotatable bonds is 4. The highest BCUT2D eigenvalue weighted by Gasteiger charge is 2.61. The first kappa shape index (κ1) is 17.5. The fourth-order valence-electron chi connectivity index (χ4n) is 1.52. The summed E-state index contributed by atoms with van der Waals surface area (Å²) in [5, 5.41) is 20.1. The highest BCUT2D eigenvalue weighted by atomic mass is 19.4. The van der Waals surface area contributed by atoms with E-state index in [0.29, 0.717) is 12.7 Å². The van der Waals surface area contributed by atoms with Crippen LogP contribution in [-0.4, -0.2) is 35.9 Å². The van der Waals surface area contributed by atoms with Crippen LogP contribution in [0.1, 0.15) is 12.0 Å². The van der Waals surface area contributed by atoms with Gasteiger partial charge in [-0.05, 0) is 24.3 Å². The van der Waals surface area contributed by atoms with Gasteiger partial charge in [0.25, 0.3) is 5.60 Å². The van der Waals surface area contributed by atoms with Crippen molar-refractivity contribution in [3.05, 3.63) is 29.8 Å². The Morgan fingerprint density at radius 3 is 2.27 bits per heavy atom. The molecule has 1 rings (SSSR count). The number of halogens is 3. The van der Waals surface area contributed by atoms with E-state index in [9.17, 15) is 27.9 Å². The van der Waals surface area contributed by atoms with E-state index < -0.39 is 30.1 Å². The fraction of sp³-hybridized carbons (Fsp3) is 0.308. The first-order valence-electron chi connectivity index (χ1n) is 5.81. The Morgan fingerprint density at radius 1 is 1.32 bits per heavy atom. The molecule has 0 aliphatic heterocycles. The molecule has 22 heavy (non-hydrogen) atoms. The number of nitrogens with one attached hydrogen (secondary N) is 1. The van der Waals surface area contributed by atoms with Gasteiger partial charge < -0.3 is 15.2 Å². The molecular weight excluding hydrogens is 305 g/mol. The van der Waals surface area contributed by atoms with Gasteiger partial charge in [0.1, 0.15) is 0 Å². The van der Waals surface area contributed by atoms with E-state index in [1.54, 1.807) is 0 Å². The summed E-state index contributed by atoms with van der Waals surface area (Å²) >= 11 is 0. The number of hydrogen-bond donors (Lipinski definition) is 2. The average molecular weight is 316 g/mol. The molecule has 0 fully saturated rings. The van der Waals surface area contributed by atoms with Crippen LogP contribution in [0.5, 0.6) is 0 Å². The maximum Gasteiger partial charge on any atom is 0.428 e. The van der Waals surface area contributed by atoms with Gasteiger partial charge in [-0.1, -0.05) is 0 Å². The van der Waals surface area contributed by atoms with E-state index in [1.807, 2.05) is 6.07 Å². The van der Waals surface area contributed by atoms with Crippen molar-refractivity contribution in [2.24, 2.45) is 0 Å². The smallest absolute Gasteiger partial charge is 0.428 e. The van der Waals surface area contributed by atoms with E-state index >= 15 is 0 Å². The number of carbonyl (C=O) groups is 2. The summed E-state index contributed by atoms with van der Waals surface area (Å²) in [5.74, 6) is -3.22. The summed E-state index contributed by atoms with van der Waals surface area (Å²) in [5.41, 5.74) is -3.53. The van der Waals surface area contributed by atoms with Crippen molar-refractivity contribution in [2.75, 3.05) is 12.4 Å². The number of amides is 1. The van der Waals surface area contributed by atoms with Crippen LogP contribution in [0.3, 0.4) is 0 Å². The number of esters is 1. The number of benzene rings is 1. The number of methoxy groups -OCH3 is 1. The van der Waals surface area contributed by atoms with Crippen LogP contribution in [0.15, 0.2) is 24.3 Å². The Morgan fingerprint density at radius 2 is 1.86 bits per heavy atom. The number of ether oxygens (including phenoxy) is 1. The van der Waals surface area contributed by atoms with Crippen molar-refractivity contribution < 1.29 is 32.6 Å². The minimum Gasteiger partial charge on any atom is -0.467 e. The van der Waals surface area contributed by atoms with Crippen LogP contribution in [0.4, 0.5) is 18.9 Å². The number of anilines is 1. The molecular formula is C13H11F3N2O4. The predicted octanol–water partition coefficient (Wildman–Crippen LogP) is 1.35. The van der Waals surface area contributed by atoms with Gasteiger partial charge in [-0.15, -0.1) is 0 Å². The van der Waals surface area contributed by atoms with E-state index in [2.05, 4.69) is 10.1 Å². The second-order valence-electron chi connectivity index (χ2n) is 4.26. The molecule has 0 aliphatic carbocycles. The first-order chi connectivity index (χ1) is 10.1. The molecule has 1 amide bonds. The van der Waals surface area contributed by atoms with Gasteiger partial charge in [-0.3, -0.25) is 4.79 Å². The van der Waals surface area contributed by atoms with Gasteiger partial charge in [0.2, 0.25) is 5.91 Å². The van der Waals surface area contributed by atoms with Crippen molar-refractivity contribution in [1.82, 2.24) is 0 Å². The van der Waals surface area contributed by atoms with E-state index in [0.717, 1.165) is 0 Å². The third-order valence-corrected chi connectivity index (χ3v) is 2.71. The molecule has 6 nitrogen and oxygen atoms in total. The van der Waals surface area contributed by atoms with Crippen LogP contribution >= 0.6 is 0 Å². The maximum absolute atomic E-state index is 12.8. The molecule has 1 aromatic rings. The van der Waals surface area contributed by atoms with Gasteiger partial charge in [0, 0.05) is 5.69 Å². The first-order valence-corrected chi connectivity index (χ1v) is 5.81. The third-order valence-electron chi connectivity index (χ3n) is 2.71. The zero-order valence-electron chi connectivity index (χ0n) is 11.3. The van der Waals surface area contributed by atoms with Gasteiger partial charge >= 0.3 is 12.1 Å². The summed E-state index contributed by atoms with van der Waals surface area (Å²) in [6.07, 6.45) is -6.93. The van der Waals surface area contributed by atoms with E-state index in [4.69, 9.17) is 5.26 Å². The number of aliphatic hydroxyl groups is 1. The molecule has 1 atom stereocenters. The lowest BCUT2D eigenvalue weighted by atomic mass is 9.98. The van der Waals surface area contributed by atoms with Gasteiger partial charge in [0.15, 0.2) is 0 Å². The Hall–Kier alpha value is -2.60. The number of carbonyl (C=O) groups excluding carboxylic acids is 2. The molecule has 2 N–H and O–H groups in total. The zero-order chi connectivity index (χ0) is 17.0. The standard InChI is InChI=1S/C13H11F3N2O4/c1-22-11(20)12(21,13(14,15)16)6-10(19)18-9-4-2-8(7-17)3-5-9/h2-5,21H,6H2,1H3,(H,18,19)/t12-/m1/s1. The molecule has 0 spiro atoms. The SMILES string of the molecule is COC(=O)[C@](O)(CC(=O)Nc1ccc(C#N)cc1)C(F)(F)F. The zero-order valence-corrected chi connectivity index (χ0v) is 11.3. The van der Waals surface area contributed by atoms with Crippen molar-refractivity contribution >= 4 is 17.6 Å². The van der Waals surface area contributed by atoms with Gasteiger partial charge in [0.05, 0.1) is 25.2 Å². The molecule has 0 saturated carbocycles. The van der Waals surface area contributed by atoms with E-state index in [-0.39, 0.29) is 5.69 Å². The summed E-state index contributed by atoms with van der Waals surface area (Å²) in [6, 6.07) is 7.09. The molecule has 0 radical (unpaired) electrons. The van der Waals surface area contributed by atoms with Crippen molar-refractivity contribution in [3.8, 4) is 6.07 Å². The number of nitrogens with zero attached hydrogens (tertiary/aromatic N) is 1. The molecule has 0 unspecified atom stereocenters. The topological polar surface area (TPSA) is 99.4 Å². The normalized spacial score (nSPS) is 13.6. The molecule has 9 heteroatoms. The Kier molecular flexibility index (Phi) is 5.11. The van der Waals surface area contributed by atoms with Crippen molar-refractivity contribution in [3.63, 3.8) is 0 Å². The van der Waals surface area contributed by atoms with Gasteiger partial charge in [-0.2, -0.15) is 18.4 Å². The summed E-state index contributed by atoms with van der Waals surface area (Å²) in [6.45, 7) is 0. The Balaban J connectivity index is 2.88. The second-order valence-corrected chi connectivity index (χ2v) is 4.26. The van der Waals surface area contributed by atoms with Gasteiger partial charge in [-0.25, -0.2) is 4.79 Å². The van der Waals surface area contributed by atoms with Crippen molar-refractivity contribution in [1.29, 1.82) is 5.26 Å². The van der Waals surface area contributed by atoms with Crippen LogP contribution in [0.2, 0.25) is 0 Å². The summed E-state index contributed by atoms with van der Waals surface area (Å²) in [7, 11) is 0.664. The number of hydrogen-bond acceptors (Lipinski definition) is 5. The van der Waals surface area contributed by atoms with Crippen LogP contribution in [-0.2, 0) is 14.3 Å². The minimum atomic E-state index is -5.37. The average Bonchev–Trinajstić information content (AvgIpc) is 2.45. The third kappa shape index (κ3) is 3.73. The number of alkyl halides is 3. The second kappa shape index (κ2) is 6.44. The predicted molar refractivity (Wildman–Crippen MR) is 67.4 cm³/mol. The Labute approximate surface area is 123 Å². The molecule has 0 bridgehead atoms. The molecule has 0 heterocycles. The monoisotopic (exact) mass is 316 g/mol. The number of nitriles is 1. The van der Waals surface area contributed by atoms with Crippen molar-refractivity contribution in [2.45, 2.75) is 18.2 Å². The molecule has 0 aromatic heterocycles. The lowest BCUT2D eigenvalue weighted by Gasteiger charge is -2.26. The molecule has 0 saturated heterocycles. The van der Waals surface area contributed by atoms with Crippen LogP contribution < -0.4 is 5.32 Å². The lowest BCUT2D eigenvalue weighted by molar-refractivity contribution is -0.261. The maximum atomic E-state index is 12.8. The quantitative estimate of drug-likeness (QED) is 0.817. The lowest BCUT2D eigenvalue weighted by Crippen LogP contribution is -2.54. The summed E-state index contributed by atoms with van der Waals surface area (Å²) < 4.78 is 42.2. The fourth-order valence-corrected chi connectivity index (χ4v) is 1.52. The van der Waals surface area contributed by atoms with Crippen LogP contribution in [0, 0.1) is 11.3 Å². The Bertz CT molecular complexity index is 607. The highest BCUT2D eigenvalue weighted by molar-refractivity contribution is 5.96. The van der Waals surface area contributed by atoms with Crippen LogP contribution in [0.25, 0.3) is 0 Å². The molecule has 1 aromatic carbocycles. The molecule has 0 aliphatic rings. The highest BCUT2D eigenvalue weighted by Crippen LogP contribution is 2.34. The largest absolute Gasteiger partial charge is 0.467 e. The molecule has 118 valence electrons. The minimum absolute atomic E-state index is 0.110. The van der Waals surface area contributed by atoms with E-state index in [1.165, 1.54) is 24.3 Å².